The van der Waals surface area contributed by atoms with Gasteiger partial charge in [-0.25, -0.2) is 0 Å². The monoisotopic (exact) mass is 413 g/mol. The Morgan fingerprint density at radius 1 is 1.07 bits per heavy atom. The number of nitrogens with zero attached hydrogens (tertiary/aromatic N) is 1. The molecule has 1 aliphatic heterocycles. The Bertz CT molecular complexity index is 802. The van der Waals surface area contributed by atoms with Crippen LogP contribution in [-0.2, 0) is 25.3 Å². The molecular weight excluding hydrogens is 386 g/mol. The first kappa shape index (κ1) is 19.6. The number of allylic oxidation sites excluding steroid dienone is 7. The molecule has 1 aromatic carbocycles. The molecule has 2 atom stereocenters. The van der Waals surface area contributed by atoms with E-state index in [9.17, 15) is 0 Å². The molecule has 4 heteroatoms. The van der Waals surface area contributed by atoms with Crippen molar-refractivity contribution in [3.05, 3.63) is 83.7 Å². The summed E-state index contributed by atoms with van der Waals surface area (Å²) in [7, 11) is 0. The Hall–Kier alpha value is -1.70. The number of hydrogen-bond acceptors (Lipinski definition) is 3. The Labute approximate surface area is 176 Å². The van der Waals surface area contributed by atoms with Gasteiger partial charge >= 0.3 is 176 Å². The molecule has 0 radical (unpaired) electrons. The van der Waals surface area contributed by atoms with Crippen LogP contribution in [0.5, 0.6) is 0 Å². The van der Waals surface area contributed by atoms with Crippen LogP contribution in [0.4, 0.5) is 0 Å². The van der Waals surface area contributed by atoms with E-state index in [0.717, 1.165) is 32.1 Å². The first-order valence-corrected chi connectivity index (χ1v) is 10.8. The van der Waals surface area contributed by atoms with E-state index in [4.69, 9.17) is 9.47 Å². The minimum absolute atomic E-state index is 0.314. The molecule has 146 valence electrons. The van der Waals surface area contributed by atoms with E-state index in [-0.39, 0.29) is 0 Å². The van der Waals surface area contributed by atoms with Gasteiger partial charge in [0.1, 0.15) is 0 Å². The van der Waals surface area contributed by atoms with Crippen molar-refractivity contribution in [2.45, 2.75) is 12.8 Å². The van der Waals surface area contributed by atoms with E-state index in [1.54, 1.807) is 0 Å². The molecule has 3 aliphatic rings. The van der Waals surface area contributed by atoms with E-state index in [0.29, 0.717) is 24.4 Å². The summed E-state index contributed by atoms with van der Waals surface area (Å²) in [6, 6.07) is 10.8. The van der Waals surface area contributed by atoms with Gasteiger partial charge in [-0.1, -0.05) is 0 Å². The summed E-state index contributed by atoms with van der Waals surface area (Å²) in [5, 5.41) is 0. The van der Waals surface area contributed by atoms with Gasteiger partial charge in [0.2, 0.25) is 0 Å². The predicted molar refractivity (Wildman–Crippen MR) is 110 cm³/mol. The maximum absolute atomic E-state index is 6.25. The van der Waals surface area contributed by atoms with E-state index < -0.39 is 0 Å². The van der Waals surface area contributed by atoms with Gasteiger partial charge in [0, 0.05) is 0 Å². The third-order valence-electron chi connectivity index (χ3n) is 5.64. The molecule has 0 bridgehead atoms. The van der Waals surface area contributed by atoms with E-state index in [2.05, 4.69) is 94.5 Å². The second kappa shape index (κ2) is 9.20. The Kier molecular flexibility index (Phi) is 6.44. The van der Waals surface area contributed by atoms with E-state index in [1.807, 2.05) is 0 Å². The fourth-order valence-electron chi connectivity index (χ4n) is 4.32. The Morgan fingerprint density at radius 3 is 2.39 bits per heavy atom. The van der Waals surface area contributed by atoms with Crippen LogP contribution in [0.25, 0.3) is 0 Å². The van der Waals surface area contributed by atoms with Crippen molar-refractivity contribution in [2.75, 3.05) is 32.9 Å². The van der Waals surface area contributed by atoms with Gasteiger partial charge < -0.3 is 0 Å². The van der Waals surface area contributed by atoms with Crippen molar-refractivity contribution in [3.63, 3.8) is 0 Å². The second-order valence-corrected chi connectivity index (χ2v) is 7.87. The molecule has 1 fully saturated rings. The summed E-state index contributed by atoms with van der Waals surface area (Å²) in [5.74, 6) is 2.09. The van der Waals surface area contributed by atoms with Crippen LogP contribution in [0, 0.1) is 11.8 Å². The average Bonchev–Trinajstić information content (AvgIpc) is 3.01. The zero-order valence-electron chi connectivity index (χ0n) is 16.3. The number of ether oxygens (including phenoxy) is 2. The molecule has 1 aromatic rings. The Balaban J connectivity index is 1.74. The third-order valence-corrected chi connectivity index (χ3v) is 6.39. The SMILES string of the molecule is CCOC1=C([C](=[Cr])N2CCOCC2)[C@H](c2ccccc2)[C@@H]1C1C=CC=CC=C1. The van der Waals surface area contributed by atoms with Crippen molar-refractivity contribution >= 4 is 4.50 Å². The molecule has 2 aliphatic carbocycles. The first-order chi connectivity index (χ1) is 13.8. The third kappa shape index (κ3) is 3.88. The normalized spacial score (nSPS) is 25.5. The van der Waals surface area contributed by atoms with Crippen molar-refractivity contribution in [2.24, 2.45) is 11.8 Å². The van der Waals surface area contributed by atoms with E-state index in [1.165, 1.54) is 15.6 Å². The molecule has 0 spiro atoms. The summed E-state index contributed by atoms with van der Waals surface area (Å²) in [6.07, 6.45) is 13.1. The van der Waals surface area contributed by atoms with Crippen molar-refractivity contribution in [3.8, 4) is 0 Å². The van der Waals surface area contributed by atoms with Crippen molar-refractivity contribution in [1.29, 1.82) is 0 Å². The molecule has 0 N–H and O–H groups in total. The van der Waals surface area contributed by atoms with Crippen LogP contribution in [-0.4, -0.2) is 42.3 Å². The topological polar surface area (TPSA) is 21.7 Å². The molecule has 0 unspecified atom stereocenters. The minimum atomic E-state index is 0.314. The summed E-state index contributed by atoms with van der Waals surface area (Å²) >= 11 is 3.37. The second-order valence-electron chi connectivity index (χ2n) is 7.26. The molecule has 0 amide bonds. The zero-order chi connectivity index (χ0) is 19.3. The molecule has 28 heavy (non-hydrogen) atoms. The number of morpholine rings is 1. The van der Waals surface area contributed by atoms with Crippen LogP contribution in [0.2, 0.25) is 0 Å². The Morgan fingerprint density at radius 2 is 1.75 bits per heavy atom. The molecule has 1 heterocycles. The van der Waals surface area contributed by atoms with Crippen molar-refractivity contribution < 1.29 is 25.3 Å². The van der Waals surface area contributed by atoms with E-state index >= 15 is 0 Å². The molecule has 0 saturated carbocycles. The zero-order valence-corrected chi connectivity index (χ0v) is 17.6. The number of benzene rings is 1. The standard InChI is InChI=1S/C24H27NO2.Cr/c1-2-27-24-21(18-25-14-16-26-17-15-25)22(19-10-8-5-9-11-19)23(24)20-12-6-3-4-7-13-20;/h3-13,20,22-23H,2,14-17H2,1H3;/t22-,23-;/m0./s1. The van der Waals surface area contributed by atoms with Gasteiger partial charge in [-0.3, -0.25) is 0 Å². The molecule has 1 saturated heterocycles. The number of hydrogen-bond donors (Lipinski definition) is 0. The van der Waals surface area contributed by atoms with Gasteiger partial charge in [0.05, 0.1) is 0 Å². The number of rotatable bonds is 6. The molecule has 0 aromatic heterocycles. The molecular formula is C24H27CrNO2. The predicted octanol–water partition coefficient (Wildman–Crippen LogP) is 4.00. The maximum atomic E-state index is 6.25. The molecule has 3 nitrogen and oxygen atoms in total. The van der Waals surface area contributed by atoms with Gasteiger partial charge in [-0.2, -0.15) is 0 Å². The van der Waals surface area contributed by atoms with Gasteiger partial charge in [0.25, 0.3) is 0 Å². The van der Waals surface area contributed by atoms with Crippen LogP contribution in [0.15, 0.2) is 78.1 Å². The fraction of sp³-hybridized carbons (Fsp3) is 0.375. The van der Waals surface area contributed by atoms with Gasteiger partial charge in [-0.05, 0) is 0 Å². The van der Waals surface area contributed by atoms with Gasteiger partial charge in [0.15, 0.2) is 0 Å². The molecule has 4 rings (SSSR count). The summed E-state index contributed by atoms with van der Waals surface area (Å²) < 4.78 is 13.0. The summed E-state index contributed by atoms with van der Waals surface area (Å²) in [4.78, 5) is 2.41. The van der Waals surface area contributed by atoms with Crippen LogP contribution in [0.1, 0.15) is 18.4 Å². The van der Waals surface area contributed by atoms with Crippen molar-refractivity contribution in [1.82, 2.24) is 4.90 Å². The fourth-order valence-corrected chi connectivity index (χ4v) is 4.96. The first-order valence-electron chi connectivity index (χ1n) is 10.1. The summed E-state index contributed by atoms with van der Waals surface area (Å²) in [5.41, 5.74) is 2.67. The quantitative estimate of drug-likeness (QED) is 0.704. The summed E-state index contributed by atoms with van der Waals surface area (Å²) in [6.45, 7) is 6.16. The van der Waals surface area contributed by atoms with Gasteiger partial charge in [-0.15, -0.1) is 0 Å². The average molecular weight is 413 g/mol. The van der Waals surface area contributed by atoms with Crippen LogP contribution >= 0.6 is 0 Å². The van der Waals surface area contributed by atoms with Crippen LogP contribution < -0.4 is 0 Å². The van der Waals surface area contributed by atoms with Crippen LogP contribution in [0.3, 0.4) is 0 Å².